The molecule has 0 saturated carbocycles. The van der Waals surface area contributed by atoms with Crippen LogP contribution >= 0.6 is 0 Å². The Morgan fingerprint density at radius 2 is 1.17 bits per heavy atom. The second kappa shape index (κ2) is 12.7. The van der Waals surface area contributed by atoms with E-state index >= 15 is 0 Å². The van der Waals surface area contributed by atoms with E-state index in [4.69, 9.17) is 4.74 Å². The van der Waals surface area contributed by atoms with Crippen LogP contribution in [0.4, 0.5) is 22.7 Å². The number of ether oxygens (including phenoxy) is 1. The molecule has 2 aromatic heterocycles. The quantitative estimate of drug-likeness (QED) is 0.162. The van der Waals surface area contributed by atoms with Crippen LogP contribution < -0.4 is 19.1 Å². The molecule has 4 aliphatic rings. The van der Waals surface area contributed by atoms with Crippen LogP contribution in [0.2, 0.25) is 0 Å². The summed E-state index contributed by atoms with van der Waals surface area (Å²) < 4.78 is 12.5. The Morgan fingerprint density at radius 3 is 1.85 bits per heavy atom. The molecule has 0 bridgehead atoms. The number of benzene rings is 6. The van der Waals surface area contributed by atoms with Crippen molar-refractivity contribution in [1.29, 1.82) is 0 Å². The molecule has 8 aromatic rings. The van der Waals surface area contributed by atoms with Crippen LogP contribution in [-0.4, -0.2) is 10.7 Å². The number of aromatic nitrogens is 2. The molecule has 12 rings (SSSR count). The number of nitrogens with zero attached hydrogens (tertiary/aromatic N) is 4. The van der Waals surface area contributed by atoms with E-state index in [2.05, 4.69) is 236 Å². The van der Waals surface area contributed by atoms with E-state index in [1.807, 2.05) is 0 Å². The van der Waals surface area contributed by atoms with Gasteiger partial charge in [-0.2, -0.15) is 4.57 Å². The maximum absolute atomic E-state index is 7.25. The van der Waals surface area contributed by atoms with Crippen LogP contribution in [0.5, 0.6) is 11.5 Å². The first-order valence-electron chi connectivity index (χ1n) is 23.6. The highest BCUT2D eigenvalue weighted by Gasteiger charge is 2.70. The molecule has 326 valence electrons. The van der Waals surface area contributed by atoms with Crippen molar-refractivity contribution >= 4 is 44.6 Å². The molecule has 0 aliphatic carbocycles. The number of fused-ring (bicyclic) bond motifs is 9. The number of rotatable bonds is 2. The van der Waals surface area contributed by atoms with Crippen molar-refractivity contribution in [3.8, 4) is 28.4 Å². The normalized spacial score (nSPS) is 18.2. The molecule has 5 heteroatoms. The van der Waals surface area contributed by atoms with Gasteiger partial charge in [-0.05, 0) is 123 Å². The fraction of sp³-hybridized carbons (Fsp3) is 0.317. The zero-order valence-electron chi connectivity index (χ0n) is 40.4. The number of hydrogen-bond donors (Lipinski definition) is 0. The van der Waals surface area contributed by atoms with E-state index in [-0.39, 0.29) is 27.8 Å². The molecule has 65 heavy (non-hydrogen) atoms. The van der Waals surface area contributed by atoms with Gasteiger partial charge < -0.3 is 14.5 Å². The van der Waals surface area contributed by atoms with Gasteiger partial charge >= 0.3 is 0 Å². The summed E-state index contributed by atoms with van der Waals surface area (Å²) in [5.41, 5.74) is 17.8. The zero-order chi connectivity index (χ0) is 45.5. The number of pyridine rings is 1. The standard InChI is InChI=1S/C60H61N4O/c1-35-29-51-61(34-44(35)36-21-23-37(24-22-36)56(2,3)4)60-52-47(19-16-20-49(52)65-50-28-26-43-42-17-14-15-18-45(42)64(51)54(43)53(50)60)63-48-33-38(57(5,6)7)25-27-46(48)62(55(60)63)41-31-39(58(8,9)10)30-40(32-41)59(11,12)13/h14-34,55H,1-13H3/q+1. The maximum atomic E-state index is 7.25. The van der Waals surface area contributed by atoms with Crippen molar-refractivity contribution in [2.24, 2.45) is 0 Å². The molecule has 1 spiro atoms. The van der Waals surface area contributed by atoms with Gasteiger partial charge in [0.2, 0.25) is 5.54 Å². The molecule has 0 fully saturated rings. The van der Waals surface area contributed by atoms with E-state index in [1.165, 1.54) is 94.6 Å². The topological polar surface area (TPSA) is 24.5 Å². The van der Waals surface area contributed by atoms with Gasteiger partial charge in [0.15, 0.2) is 11.7 Å². The highest BCUT2D eigenvalue weighted by Crippen LogP contribution is 2.67. The molecule has 2 atom stereocenters. The fourth-order valence-corrected chi connectivity index (χ4v) is 11.6. The van der Waals surface area contributed by atoms with Gasteiger partial charge in [-0.25, -0.2) is 4.57 Å². The third-order valence-electron chi connectivity index (χ3n) is 15.1. The molecular weight excluding hydrogens is 793 g/mol. The Morgan fingerprint density at radius 1 is 0.523 bits per heavy atom. The fourth-order valence-electron chi connectivity index (χ4n) is 11.6. The summed E-state index contributed by atoms with van der Waals surface area (Å²) in [6.45, 7) is 30.3. The second-order valence-electron chi connectivity index (χ2n) is 23.5. The minimum atomic E-state index is -0.771. The largest absolute Gasteiger partial charge is 0.456 e. The first-order chi connectivity index (χ1) is 30.7. The van der Waals surface area contributed by atoms with Gasteiger partial charge in [0, 0.05) is 28.1 Å². The Balaban J connectivity index is 1.27. The summed E-state index contributed by atoms with van der Waals surface area (Å²) >= 11 is 0. The van der Waals surface area contributed by atoms with Crippen molar-refractivity contribution in [3.05, 3.63) is 166 Å². The van der Waals surface area contributed by atoms with Crippen LogP contribution in [0.15, 0.2) is 128 Å². The predicted octanol–water partition coefficient (Wildman–Crippen LogP) is 15.1. The number of aryl methyl sites for hydroxylation is 1. The summed E-state index contributed by atoms with van der Waals surface area (Å²) in [4.78, 5) is 5.41. The molecule has 5 nitrogen and oxygen atoms in total. The molecule has 0 saturated heterocycles. The summed E-state index contributed by atoms with van der Waals surface area (Å²) in [5, 5.41) is 2.49. The first-order valence-corrected chi connectivity index (χ1v) is 23.6. The summed E-state index contributed by atoms with van der Waals surface area (Å²) in [6, 6.07) is 46.7. The average Bonchev–Trinajstić information content (AvgIpc) is 3.87. The van der Waals surface area contributed by atoms with Gasteiger partial charge in [0.1, 0.15) is 23.2 Å². The third-order valence-corrected chi connectivity index (χ3v) is 15.1. The summed E-state index contributed by atoms with van der Waals surface area (Å²) in [7, 11) is 0. The van der Waals surface area contributed by atoms with Crippen LogP contribution in [-0.2, 0) is 27.2 Å². The summed E-state index contributed by atoms with van der Waals surface area (Å²) in [6.07, 6.45) is 2.26. The van der Waals surface area contributed by atoms with Crippen LogP contribution in [0.25, 0.3) is 38.8 Å². The van der Waals surface area contributed by atoms with E-state index in [1.54, 1.807) is 0 Å². The molecule has 0 radical (unpaired) electrons. The minimum Gasteiger partial charge on any atom is -0.456 e. The zero-order valence-corrected chi connectivity index (χ0v) is 40.4. The van der Waals surface area contributed by atoms with Crippen LogP contribution in [0.3, 0.4) is 0 Å². The highest BCUT2D eigenvalue weighted by atomic mass is 16.5. The highest BCUT2D eigenvalue weighted by molar-refractivity contribution is 6.12. The third kappa shape index (κ3) is 5.36. The van der Waals surface area contributed by atoms with Gasteiger partial charge in [0.25, 0.3) is 5.82 Å². The molecule has 4 aliphatic heterocycles. The van der Waals surface area contributed by atoms with Gasteiger partial charge in [-0.1, -0.05) is 138 Å². The lowest BCUT2D eigenvalue weighted by atomic mass is 9.75. The van der Waals surface area contributed by atoms with Gasteiger partial charge in [0.05, 0.1) is 28.2 Å². The first kappa shape index (κ1) is 40.2. The van der Waals surface area contributed by atoms with Gasteiger partial charge in [-0.3, -0.25) is 0 Å². The lowest BCUT2D eigenvalue weighted by Gasteiger charge is -2.44. The molecule has 6 aromatic carbocycles. The monoisotopic (exact) mass is 853 g/mol. The number of hydrogen-bond acceptors (Lipinski definition) is 3. The Kier molecular flexibility index (Phi) is 7.87. The SMILES string of the molecule is Cc1cc2[n+](cc1-c1ccc(C(C)(C)C)cc1)C13c4c(cccc4N4c5cc(C(C)(C)C)ccc5N(c5cc(C(C)(C)C)cc(C(C)(C)C)c5)C41)Oc1ccc4c5ccccc5n-2c4c13. The Labute approximate surface area is 384 Å². The smallest absolute Gasteiger partial charge is 0.288 e. The molecule has 0 amide bonds. The van der Waals surface area contributed by atoms with E-state index in [0.717, 1.165) is 17.3 Å². The average molecular weight is 854 g/mol. The lowest BCUT2D eigenvalue weighted by Crippen LogP contribution is -2.70. The Hall–Kier alpha value is -6.33. The van der Waals surface area contributed by atoms with Crippen molar-refractivity contribution in [2.75, 3.05) is 9.80 Å². The van der Waals surface area contributed by atoms with Crippen molar-refractivity contribution in [3.63, 3.8) is 0 Å². The summed E-state index contributed by atoms with van der Waals surface area (Å²) in [5.74, 6) is 2.98. The maximum Gasteiger partial charge on any atom is 0.288 e. The van der Waals surface area contributed by atoms with Crippen molar-refractivity contribution < 1.29 is 9.30 Å². The van der Waals surface area contributed by atoms with E-state index < -0.39 is 5.54 Å². The predicted molar refractivity (Wildman–Crippen MR) is 270 cm³/mol. The number of para-hydroxylation sites is 1. The minimum absolute atomic E-state index is 0.0521. The van der Waals surface area contributed by atoms with Crippen LogP contribution in [0, 0.1) is 6.92 Å². The van der Waals surface area contributed by atoms with Crippen LogP contribution in [0.1, 0.15) is 122 Å². The van der Waals surface area contributed by atoms with Crippen molar-refractivity contribution in [2.45, 2.75) is 123 Å². The van der Waals surface area contributed by atoms with E-state index in [9.17, 15) is 0 Å². The molecule has 0 N–H and O–H groups in total. The lowest BCUT2D eigenvalue weighted by molar-refractivity contribution is -0.740. The second-order valence-corrected chi connectivity index (χ2v) is 23.5. The number of anilines is 4. The molecule has 6 heterocycles. The van der Waals surface area contributed by atoms with Gasteiger partial charge in [-0.15, -0.1) is 0 Å². The van der Waals surface area contributed by atoms with Crippen molar-refractivity contribution in [1.82, 2.24) is 4.57 Å². The molecular formula is C60H61N4O+. The van der Waals surface area contributed by atoms with E-state index in [0.29, 0.717) is 0 Å². The molecule has 2 unspecified atom stereocenters. The Bertz CT molecular complexity index is 3330.